The van der Waals surface area contributed by atoms with E-state index >= 15 is 4.79 Å². The van der Waals surface area contributed by atoms with E-state index in [2.05, 4.69) is 5.32 Å². The lowest BCUT2D eigenvalue weighted by Crippen LogP contribution is -2.81. The molecule has 290 valence electrons. The monoisotopic (exact) mass is 747 g/mol. The average molecular weight is 748 g/mol. The molecule has 54 heavy (non-hydrogen) atoms. The third kappa shape index (κ3) is 6.05. The molecule has 2 aromatic carbocycles. The summed E-state index contributed by atoms with van der Waals surface area (Å²) in [6.07, 6.45) is -7.51. The van der Waals surface area contributed by atoms with Gasteiger partial charge in [0.05, 0.1) is 35.6 Å². The summed E-state index contributed by atoms with van der Waals surface area (Å²) in [4.78, 5) is 68.1. The van der Waals surface area contributed by atoms with Crippen molar-refractivity contribution >= 4 is 29.6 Å². The number of nitrogens with one attached hydrogen (secondary N) is 1. The first-order valence-corrected chi connectivity index (χ1v) is 18.2. The van der Waals surface area contributed by atoms with E-state index in [0.717, 1.165) is 0 Å². The van der Waals surface area contributed by atoms with Crippen LogP contribution in [0, 0.1) is 22.7 Å². The van der Waals surface area contributed by atoms with E-state index in [1.807, 2.05) is 0 Å². The van der Waals surface area contributed by atoms with Gasteiger partial charge in [0, 0.05) is 38.0 Å². The zero-order valence-corrected chi connectivity index (χ0v) is 31.5. The second-order valence-electron chi connectivity index (χ2n) is 15.9. The van der Waals surface area contributed by atoms with Crippen molar-refractivity contribution in [3.05, 3.63) is 82.9 Å². The average Bonchev–Trinajstić information content (AvgIpc) is 3.12. The Balaban J connectivity index is 1.52. The molecule has 3 aliphatic carbocycles. The number of esters is 3. The number of carbonyl (C=O) groups excluding carboxylic acids is 5. The molecular formula is C41H49NO12. The van der Waals surface area contributed by atoms with Gasteiger partial charge in [-0.05, 0) is 42.7 Å². The van der Waals surface area contributed by atoms with Gasteiger partial charge in [-0.25, -0.2) is 9.59 Å². The highest BCUT2D eigenvalue weighted by Crippen LogP contribution is 2.65. The van der Waals surface area contributed by atoms with Gasteiger partial charge < -0.3 is 39.6 Å². The lowest BCUT2D eigenvalue weighted by molar-refractivity contribution is -0.345. The van der Waals surface area contributed by atoms with Crippen molar-refractivity contribution in [1.29, 1.82) is 0 Å². The molecule has 13 heteroatoms. The number of hydrogen-bond acceptors (Lipinski definition) is 12. The predicted octanol–water partition coefficient (Wildman–Crippen LogP) is 3.15. The van der Waals surface area contributed by atoms with E-state index in [1.165, 1.54) is 26.0 Å². The van der Waals surface area contributed by atoms with Crippen LogP contribution in [0.5, 0.6) is 0 Å². The third-order valence-corrected chi connectivity index (χ3v) is 12.6. The van der Waals surface area contributed by atoms with Crippen molar-refractivity contribution in [2.75, 3.05) is 6.61 Å². The van der Waals surface area contributed by atoms with Crippen LogP contribution in [0.2, 0.25) is 0 Å². The second kappa shape index (κ2) is 14.0. The highest BCUT2D eigenvalue weighted by atomic mass is 16.6. The molecule has 13 nitrogen and oxygen atoms in total. The summed E-state index contributed by atoms with van der Waals surface area (Å²) < 4.78 is 24.3. The van der Waals surface area contributed by atoms with Gasteiger partial charge in [-0.3, -0.25) is 14.4 Å². The van der Waals surface area contributed by atoms with E-state index in [-0.39, 0.29) is 25.0 Å². The van der Waals surface area contributed by atoms with Crippen LogP contribution < -0.4 is 5.32 Å². The van der Waals surface area contributed by atoms with E-state index in [1.54, 1.807) is 83.1 Å². The fraction of sp³-hybridized carbons (Fsp3) is 0.537. The number of ketones is 1. The van der Waals surface area contributed by atoms with Gasteiger partial charge in [-0.2, -0.15) is 0 Å². The van der Waals surface area contributed by atoms with Crippen LogP contribution in [0.25, 0.3) is 0 Å². The van der Waals surface area contributed by atoms with E-state index in [9.17, 15) is 34.5 Å². The molecule has 11 atom stereocenters. The third-order valence-electron chi connectivity index (χ3n) is 12.6. The summed E-state index contributed by atoms with van der Waals surface area (Å²) in [6.45, 7) is 10.6. The van der Waals surface area contributed by atoms with Gasteiger partial charge in [-0.15, -0.1) is 0 Å². The quantitative estimate of drug-likeness (QED) is 0.175. The normalized spacial score (nSPS) is 35.0. The van der Waals surface area contributed by atoms with Crippen LogP contribution in [-0.4, -0.2) is 93.2 Å². The summed E-state index contributed by atoms with van der Waals surface area (Å²) in [5, 5.41) is 39.3. The molecule has 1 amide bonds. The zero-order chi connectivity index (χ0) is 39.5. The van der Waals surface area contributed by atoms with Crippen molar-refractivity contribution in [1.82, 2.24) is 5.32 Å². The Morgan fingerprint density at radius 3 is 2.13 bits per heavy atom. The van der Waals surface area contributed by atoms with Gasteiger partial charge in [0.1, 0.15) is 29.7 Å². The standard InChI is InChI=1S/C41H49NO12/c1-21-27(52-37(49)32(46)31(42-23(3)43)25-14-10-8-11-15-25)19-41(50)35(53-36(48)26-16-12-9-13-17-26)33-39(7,34(47)22(2)30(21)38(41,5)6)28(45)18-29-40(33,20-51-29)54-24(4)44/h8-17,22,27-29,31-33,35,45-46,50H,18-20H2,1-7H3,(H,42,43)/t22-,27?,28?,29?,31?,32?,33?,35?,39-,40?,41?/m1/s1. The van der Waals surface area contributed by atoms with Crippen molar-refractivity contribution in [3.63, 3.8) is 0 Å². The maximum Gasteiger partial charge on any atom is 0.338 e. The number of rotatable bonds is 8. The molecule has 0 spiro atoms. The molecule has 2 aromatic rings. The first-order chi connectivity index (χ1) is 25.3. The number of aliphatic hydroxyl groups excluding tert-OH is 2. The predicted molar refractivity (Wildman–Crippen MR) is 191 cm³/mol. The van der Waals surface area contributed by atoms with Gasteiger partial charge in [0.15, 0.2) is 11.7 Å². The molecule has 2 saturated carbocycles. The maximum atomic E-state index is 15.1. The van der Waals surface area contributed by atoms with Crippen LogP contribution in [0.15, 0.2) is 71.8 Å². The molecule has 3 fully saturated rings. The minimum absolute atomic E-state index is 0.0626. The molecule has 1 heterocycles. The number of fused-ring (bicyclic) bond motifs is 5. The lowest BCUT2D eigenvalue weighted by atomic mass is 9.43. The first kappa shape index (κ1) is 39.3. The topological polar surface area (TPSA) is 195 Å². The highest BCUT2D eigenvalue weighted by Gasteiger charge is 2.77. The lowest BCUT2D eigenvalue weighted by Gasteiger charge is -2.67. The Morgan fingerprint density at radius 1 is 0.963 bits per heavy atom. The molecule has 0 aromatic heterocycles. The Morgan fingerprint density at radius 2 is 1.57 bits per heavy atom. The number of aliphatic hydroxyl groups is 3. The van der Waals surface area contributed by atoms with E-state index < -0.39 is 100 Å². The van der Waals surface area contributed by atoms with E-state index in [0.29, 0.717) is 16.7 Å². The molecular weight excluding hydrogens is 698 g/mol. The van der Waals surface area contributed by atoms with Crippen molar-refractivity contribution in [2.24, 2.45) is 22.7 Å². The van der Waals surface area contributed by atoms with Crippen molar-refractivity contribution < 1.29 is 58.2 Å². The van der Waals surface area contributed by atoms with Crippen LogP contribution in [0.1, 0.15) is 83.3 Å². The van der Waals surface area contributed by atoms with E-state index in [4.69, 9.17) is 18.9 Å². The van der Waals surface area contributed by atoms with Gasteiger partial charge in [-0.1, -0.05) is 69.3 Å². The summed E-state index contributed by atoms with van der Waals surface area (Å²) in [5.74, 6) is -5.94. The molecule has 4 aliphatic rings. The minimum Gasteiger partial charge on any atom is -0.456 e. The van der Waals surface area contributed by atoms with Gasteiger partial charge in [0.25, 0.3) is 0 Å². The number of Topliss-reactive ketones (excluding diaryl/α,β-unsaturated/α-hetero) is 1. The Labute approximate surface area is 314 Å². The maximum absolute atomic E-state index is 15.1. The Kier molecular flexibility index (Phi) is 10.2. The van der Waals surface area contributed by atoms with Crippen molar-refractivity contribution in [2.45, 2.75) is 109 Å². The summed E-state index contributed by atoms with van der Waals surface area (Å²) in [6, 6.07) is 15.3. The number of benzene rings is 2. The van der Waals surface area contributed by atoms with Crippen LogP contribution in [0.3, 0.4) is 0 Å². The van der Waals surface area contributed by atoms with Crippen LogP contribution in [0.4, 0.5) is 0 Å². The smallest absolute Gasteiger partial charge is 0.338 e. The second-order valence-corrected chi connectivity index (χ2v) is 15.9. The molecule has 0 radical (unpaired) electrons. The number of hydrogen-bond donors (Lipinski definition) is 4. The number of carbonyl (C=O) groups is 5. The first-order valence-electron chi connectivity index (χ1n) is 18.2. The largest absolute Gasteiger partial charge is 0.456 e. The highest BCUT2D eigenvalue weighted by molar-refractivity contribution is 5.92. The van der Waals surface area contributed by atoms with Crippen molar-refractivity contribution in [3.8, 4) is 0 Å². The Hall–Kier alpha value is -4.43. The minimum atomic E-state index is -2.16. The summed E-state index contributed by atoms with van der Waals surface area (Å²) in [5.41, 5.74) is -5.45. The molecule has 1 aliphatic heterocycles. The fourth-order valence-electron chi connectivity index (χ4n) is 9.84. The zero-order valence-electron chi connectivity index (χ0n) is 31.5. The summed E-state index contributed by atoms with van der Waals surface area (Å²) >= 11 is 0. The fourth-order valence-corrected chi connectivity index (χ4v) is 9.84. The number of amides is 1. The Bertz CT molecular complexity index is 1860. The molecule has 9 unspecified atom stereocenters. The molecule has 1 saturated heterocycles. The molecule has 6 rings (SSSR count). The van der Waals surface area contributed by atoms with Crippen LogP contribution in [-0.2, 0) is 38.1 Å². The van der Waals surface area contributed by atoms with Gasteiger partial charge in [0.2, 0.25) is 5.91 Å². The van der Waals surface area contributed by atoms with Gasteiger partial charge >= 0.3 is 17.9 Å². The summed E-state index contributed by atoms with van der Waals surface area (Å²) in [7, 11) is 0. The SMILES string of the molecule is CC(=O)NC(c1ccccc1)C(O)C(=O)OC1CC2(O)C(OC(=O)c3ccccc3)C3C4(OC(C)=O)COC4CC(O)[C@@]3(C)C(=O)[C@H](C)C(=C1C)C2(C)C. The molecule has 2 bridgehead atoms. The van der Waals surface area contributed by atoms with Crippen LogP contribution >= 0.6 is 0 Å². The number of ether oxygens (including phenoxy) is 4. The molecule has 4 N–H and O–H groups in total.